The average molecular weight is 598 g/mol. The van der Waals surface area contributed by atoms with Crippen LogP contribution in [0.2, 0.25) is 0 Å². The first-order valence-corrected chi connectivity index (χ1v) is 17.8. The van der Waals surface area contributed by atoms with Crippen LogP contribution in [0.25, 0.3) is 0 Å². The molecule has 0 bridgehead atoms. The Morgan fingerprint density at radius 1 is 0.410 bits per heavy atom. The van der Waals surface area contributed by atoms with Crippen LogP contribution < -0.4 is 0 Å². The molecule has 0 aliphatic carbocycles. The molecule has 0 unspecified atom stereocenters. The van der Waals surface area contributed by atoms with Crippen molar-refractivity contribution in [3.8, 4) is 23.7 Å². The topological polar surface area (TPSA) is 0 Å². The largest absolute Gasteiger partial charge is 0.0979 e. The van der Waals surface area contributed by atoms with Crippen molar-refractivity contribution in [2.24, 2.45) is 0 Å². The zero-order valence-corrected chi connectivity index (χ0v) is 27.6. The van der Waals surface area contributed by atoms with Gasteiger partial charge in [-0.1, -0.05) is 195 Å². The average Bonchev–Trinajstić information content (AvgIpc) is 2.93. The van der Waals surface area contributed by atoms with E-state index >= 15 is 0 Å². The van der Waals surface area contributed by atoms with Crippen LogP contribution in [0.4, 0.5) is 0 Å². The third-order valence-electron chi connectivity index (χ3n) is 7.67. The van der Waals surface area contributed by atoms with Gasteiger partial charge >= 0.3 is 0 Å². The van der Waals surface area contributed by atoms with E-state index in [1.165, 1.54) is 154 Å². The van der Waals surface area contributed by atoms with Gasteiger partial charge in [0.25, 0.3) is 0 Å². The van der Waals surface area contributed by atoms with E-state index in [1.54, 1.807) is 0 Å². The molecule has 1 aromatic rings. The summed E-state index contributed by atoms with van der Waals surface area (Å²) in [6.45, 7) is 4.58. The number of hydrogen-bond donors (Lipinski definition) is 0. The molecule has 0 saturated heterocycles. The lowest BCUT2D eigenvalue weighted by molar-refractivity contribution is 0.545. The van der Waals surface area contributed by atoms with Crippen molar-refractivity contribution in [3.05, 3.63) is 33.8 Å². The summed E-state index contributed by atoms with van der Waals surface area (Å²) in [7, 11) is 0. The van der Waals surface area contributed by atoms with E-state index in [0.717, 1.165) is 28.4 Å². The molecular formula is C38H61Br. The van der Waals surface area contributed by atoms with Gasteiger partial charge in [0.1, 0.15) is 0 Å². The van der Waals surface area contributed by atoms with Crippen molar-refractivity contribution >= 4 is 15.9 Å². The van der Waals surface area contributed by atoms with Crippen molar-refractivity contribution in [1.82, 2.24) is 0 Å². The lowest BCUT2D eigenvalue weighted by atomic mass is 10.0. The fourth-order valence-electron chi connectivity index (χ4n) is 5.17. The third-order valence-corrected chi connectivity index (χ3v) is 8.13. The first-order valence-electron chi connectivity index (χ1n) is 17.0. The van der Waals surface area contributed by atoms with Crippen molar-refractivity contribution in [1.29, 1.82) is 0 Å². The summed E-state index contributed by atoms with van der Waals surface area (Å²) in [6, 6.07) is 6.38. The van der Waals surface area contributed by atoms with Crippen molar-refractivity contribution in [2.75, 3.05) is 0 Å². The maximum atomic E-state index is 3.65. The van der Waals surface area contributed by atoms with Gasteiger partial charge in [-0.05, 0) is 31.0 Å². The molecule has 39 heavy (non-hydrogen) atoms. The maximum Gasteiger partial charge on any atom is 0.0268 e. The number of unbranched alkanes of at least 4 members (excludes halogenated alkanes) is 24. The molecule has 0 nitrogen and oxygen atoms in total. The third kappa shape index (κ3) is 24.3. The fraction of sp³-hybridized carbons (Fsp3) is 0.737. The van der Waals surface area contributed by atoms with Crippen LogP contribution in [0.5, 0.6) is 0 Å². The monoisotopic (exact) mass is 596 g/mol. The minimum absolute atomic E-state index is 1.00. The summed E-state index contributed by atoms with van der Waals surface area (Å²) in [6.07, 6.45) is 35.4. The highest BCUT2D eigenvalue weighted by molar-refractivity contribution is 9.10. The highest BCUT2D eigenvalue weighted by atomic mass is 79.9. The van der Waals surface area contributed by atoms with Gasteiger partial charge in [-0.3, -0.25) is 0 Å². The van der Waals surface area contributed by atoms with Crippen molar-refractivity contribution in [2.45, 2.75) is 181 Å². The molecule has 1 rings (SSSR count). The second kappa shape index (κ2) is 28.4. The minimum Gasteiger partial charge on any atom is -0.0979 e. The SMILES string of the molecule is CCCCCCCCCCCCCCC#Cc1cc(Br)cc(C#CCCCCCCCCCCCCCC)c1. The number of rotatable bonds is 24. The molecule has 0 aliphatic rings. The molecule has 0 atom stereocenters. The molecule has 0 aromatic heterocycles. The molecule has 1 aromatic carbocycles. The Morgan fingerprint density at radius 3 is 1.00 bits per heavy atom. The van der Waals surface area contributed by atoms with Gasteiger partial charge in [0.2, 0.25) is 0 Å². The van der Waals surface area contributed by atoms with Gasteiger partial charge in [0.05, 0.1) is 0 Å². The van der Waals surface area contributed by atoms with Gasteiger partial charge in [-0.15, -0.1) is 0 Å². The molecule has 0 aliphatic heterocycles. The van der Waals surface area contributed by atoms with E-state index in [0.29, 0.717) is 0 Å². The van der Waals surface area contributed by atoms with Crippen LogP contribution in [0.3, 0.4) is 0 Å². The van der Waals surface area contributed by atoms with Crippen LogP contribution in [-0.4, -0.2) is 0 Å². The van der Waals surface area contributed by atoms with E-state index in [9.17, 15) is 0 Å². The lowest BCUT2D eigenvalue weighted by Crippen LogP contribution is -1.83. The molecule has 0 saturated carbocycles. The molecule has 0 heterocycles. The molecular weight excluding hydrogens is 536 g/mol. The summed E-state index contributed by atoms with van der Waals surface area (Å²) < 4.78 is 1.08. The number of benzene rings is 1. The summed E-state index contributed by atoms with van der Waals surface area (Å²) >= 11 is 3.65. The highest BCUT2D eigenvalue weighted by Crippen LogP contribution is 2.16. The summed E-state index contributed by atoms with van der Waals surface area (Å²) in [5.41, 5.74) is 2.16. The number of halogens is 1. The molecule has 0 N–H and O–H groups in total. The first kappa shape index (κ1) is 35.8. The predicted molar refractivity (Wildman–Crippen MR) is 179 cm³/mol. The smallest absolute Gasteiger partial charge is 0.0268 e. The Balaban J connectivity index is 2.08. The second-order valence-corrected chi connectivity index (χ2v) is 12.5. The predicted octanol–water partition coefficient (Wildman–Crippen LogP) is 13.3. The highest BCUT2D eigenvalue weighted by Gasteiger charge is 1.97. The quantitative estimate of drug-likeness (QED) is 0.0821. The lowest BCUT2D eigenvalue weighted by Gasteiger charge is -2.02. The Morgan fingerprint density at radius 2 is 0.692 bits per heavy atom. The van der Waals surface area contributed by atoms with Gasteiger partial charge in [-0.25, -0.2) is 0 Å². The van der Waals surface area contributed by atoms with Crippen LogP contribution in [0.15, 0.2) is 22.7 Å². The zero-order chi connectivity index (χ0) is 28.1. The Bertz CT molecular complexity index is 735. The van der Waals surface area contributed by atoms with Gasteiger partial charge in [0.15, 0.2) is 0 Å². The molecule has 1 heteroatoms. The van der Waals surface area contributed by atoms with E-state index in [-0.39, 0.29) is 0 Å². The zero-order valence-electron chi connectivity index (χ0n) is 26.0. The van der Waals surface area contributed by atoms with E-state index < -0.39 is 0 Å². The summed E-state index contributed by atoms with van der Waals surface area (Å²) in [5, 5.41) is 0. The Labute approximate surface area is 253 Å². The van der Waals surface area contributed by atoms with E-state index in [1.807, 2.05) is 0 Å². The van der Waals surface area contributed by atoms with Gasteiger partial charge in [-0.2, -0.15) is 0 Å². The normalized spacial score (nSPS) is 10.6. The van der Waals surface area contributed by atoms with Gasteiger partial charge in [0, 0.05) is 28.4 Å². The van der Waals surface area contributed by atoms with E-state index in [2.05, 4.69) is 71.7 Å². The van der Waals surface area contributed by atoms with Crippen LogP contribution in [0.1, 0.15) is 192 Å². The standard InChI is InChI=1S/C38H61Br/c1-3-5-7-9-11-13-15-17-19-21-23-25-27-29-31-36-33-37(35-38(39)34-36)32-30-28-26-24-22-20-18-16-14-12-10-8-6-4-2/h33-35H,3-28H2,1-2H3. The number of hydrogen-bond acceptors (Lipinski definition) is 0. The summed E-state index contributed by atoms with van der Waals surface area (Å²) in [5.74, 6) is 13.5. The van der Waals surface area contributed by atoms with Crippen LogP contribution >= 0.6 is 15.9 Å². The minimum atomic E-state index is 1.00. The van der Waals surface area contributed by atoms with Crippen LogP contribution in [-0.2, 0) is 0 Å². The fourth-order valence-corrected chi connectivity index (χ4v) is 5.67. The molecule has 0 amide bonds. The second-order valence-electron chi connectivity index (χ2n) is 11.6. The Kier molecular flexibility index (Phi) is 26.1. The first-order chi connectivity index (χ1) is 19.3. The van der Waals surface area contributed by atoms with Crippen LogP contribution in [0, 0.1) is 23.7 Å². The molecule has 0 spiro atoms. The molecule has 0 fully saturated rings. The molecule has 0 radical (unpaired) electrons. The summed E-state index contributed by atoms with van der Waals surface area (Å²) in [4.78, 5) is 0. The van der Waals surface area contributed by atoms with Crippen molar-refractivity contribution in [3.63, 3.8) is 0 Å². The Hall–Kier alpha value is -1.18. The molecule has 220 valence electrons. The van der Waals surface area contributed by atoms with Gasteiger partial charge < -0.3 is 0 Å². The maximum absolute atomic E-state index is 3.65. The van der Waals surface area contributed by atoms with E-state index in [4.69, 9.17) is 0 Å². The van der Waals surface area contributed by atoms with Crippen molar-refractivity contribution < 1.29 is 0 Å².